The second kappa shape index (κ2) is 7.60. The molecule has 1 aliphatic carbocycles. The van der Waals surface area contributed by atoms with Gasteiger partial charge in [-0.05, 0) is 43.0 Å². The number of halogens is 1. The third kappa shape index (κ3) is 4.76. The van der Waals surface area contributed by atoms with Crippen molar-refractivity contribution in [3.63, 3.8) is 0 Å². The fourth-order valence-electron chi connectivity index (χ4n) is 2.10. The Hall–Kier alpha value is -1.13. The van der Waals surface area contributed by atoms with Gasteiger partial charge in [-0.2, -0.15) is 0 Å². The van der Waals surface area contributed by atoms with Gasteiger partial charge in [-0.25, -0.2) is 4.39 Å². The number of anilines is 1. The molecule has 1 fully saturated rings. The minimum absolute atomic E-state index is 0.162. The standard InChI is InChI=1S/C16H25FN2O/c1-3-18-11-14-6-7-16(15(17)10-14)19(2)8-9-20-12-13-4-5-13/h6-7,10,13,18H,3-5,8-9,11-12H2,1-2H3. The van der Waals surface area contributed by atoms with Gasteiger partial charge in [0.25, 0.3) is 0 Å². The van der Waals surface area contributed by atoms with E-state index in [1.54, 1.807) is 6.07 Å². The second-order valence-electron chi connectivity index (χ2n) is 5.51. The first-order valence-corrected chi connectivity index (χ1v) is 7.48. The van der Waals surface area contributed by atoms with Crippen LogP contribution in [0.1, 0.15) is 25.3 Å². The SMILES string of the molecule is CCNCc1ccc(N(C)CCOCC2CC2)c(F)c1. The quantitative estimate of drug-likeness (QED) is 0.704. The fourth-order valence-corrected chi connectivity index (χ4v) is 2.10. The Morgan fingerprint density at radius 2 is 2.20 bits per heavy atom. The monoisotopic (exact) mass is 280 g/mol. The van der Waals surface area contributed by atoms with E-state index in [2.05, 4.69) is 5.32 Å². The summed E-state index contributed by atoms with van der Waals surface area (Å²) in [5.41, 5.74) is 1.62. The Morgan fingerprint density at radius 3 is 2.85 bits per heavy atom. The zero-order valence-corrected chi connectivity index (χ0v) is 12.5. The summed E-state index contributed by atoms with van der Waals surface area (Å²) >= 11 is 0. The zero-order chi connectivity index (χ0) is 14.4. The Bertz CT molecular complexity index is 421. The molecule has 0 aromatic heterocycles. The highest BCUT2D eigenvalue weighted by Crippen LogP contribution is 2.28. The third-order valence-electron chi connectivity index (χ3n) is 3.62. The minimum atomic E-state index is -0.162. The fraction of sp³-hybridized carbons (Fsp3) is 0.625. The highest BCUT2D eigenvalue weighted by Gasteiger charge is 2.21. The maximum absolute atomic E-state index is 14.1. The van der Waals surface area contributed by atoms with Gasteiger partial charge in [0.15, 0.2) is 0 Å². The maximum atomic E-state index is 14.1. The molecule has 112 valence electrons. The molecule has 0 atom stereocenters. The number of rotatable bonds is 9. The van der Waals surface area contributed by atoms with Crippen molar-refractivity contribution in [3.05, 3.63) is 29.6 Å². The Balaban J connectivity index is 1.79. The van der Waals surface area contributed by atoms with Crippen LogP contribution in [0, 0.1) is 11.7 Å². The van der Waals surface area contributed by atoms with Crippen molar-refractivity contribution >= 4 is 5.69 Å². The van der Waals surface area contributed by atoms with E-state index in [4.69, 9.17) is 4.74 Å². The van der Waals surface area contributed by atoms with Crippen LogP contribution in [0.4, 0.5) is 10.1 Å². The number of nitrogens with one attached hydrogen (secondary N) is 1. The topological polar surface area (TPSA) is 24.5 Å². The highest BCUT2D eigenvalue weighted by molar-refractivity contribution is 5.48. The lowest BCUT2D eigenvalue weighted by Crippen LogP contribution is -2.24. The van der Waals surface area contributed by atoms with Crippen molar-refractivity contribution in [1.82, 2.24) is 5.32 Å². The molecule has 1 N–H and O–H groups in total. The van der Waals surface area contributed by atoms with Gasteiger partial charge in [0.05, 0.1) is 12.3 Å². The van der Waals surface area contributed by atoms with Crippen LogP contribution in [0.5, 0.6) is 0 Å². The van der Waals surface area contributed by atoms with E-state index < -0.39 is 0 Å². The van der Waals surface area contributed by atoms with E-state index in [0.29, 0.717) is 18.8 Å². The molecule has 0 saturated heterocycles. The minimum Gasteiger partial charge on any atom is -0.379 e. The van der Waals surface area contributed by atoms with Crippen LogP contribution in [-0.2, 0) is 11.3 Å². The van der Waals surface area contributed by atoms with Gasteiger partial charge in [0.2, 0.25) is 0 Å². The van der Waals surface area contributed by atoms with Crippen LogP contribution in [-0.4, -0.2) is 33.4 Å². The number of hydrogen-bond donors (Lipinski definition) is 1. The van der Waals surface area contributed by atoms with E-state index in [0.717, 1.165) is 31.2 Å². The van der Waals surface area contributed by atoms with Crippen molar-refractivity contribution in [2.45, 2.75) is 26.3 Å². The smallest absolute Gasteiger partial charge is 0.146 e. The first kappa shape index (κ1) is 15.3. The first-order valence-electron chi connectivity index (χ1n) is 7.48. The van der Waals surface area contributed by atoms with E-state index in [1.165, 1.54) is 12.8 Å². The molecule has 0 radical (unpaired) electrons. The summed E-state index contributed by atoms with van der Waals surface area (Å²) in [6.45, 7) is 5.88. The lowest BCUT2D eigenvalue weighted by Gasteiger charge is -2.20. The van der Waals surface area contributed by atoms with Crippen LogP contribution >= 0.6 is 0 Å². The van der Waals surface area contributed by atoms with Crippen LogP contribution in [0.25, 0.3) is 0 Å². The van der Waals surface area contributed by atoms with Crippen molar-refractivity contribution < 1.29 is 9.13 Å². The van der Waals surface area contributed by atoms with Gasteiger partial charge in [0.1, 0.15) is 5.82 Å². The summed E-state index contributed by atoms with van der Waals surface area (Å²) in [5, 5.41) is 3.20. The van der Waals surface area contributed by atoms with Crippen molar-refractivity contribution in [2.24, 2.45) is 5.92 Å². The molecule has 4 heteroatoms. The molecule has 3 nitrogen and oxygen atoms in total. The van der Waals surface area contributed by atoms with Crippen LogP contribution in [0.15, 0.2) is 18.2 Å². The van der Waals surface area contributed by atoms with E-state index in [1.807, 2.05) is 31.0 Å². The number of likely N-dealkylation sites (N-methyl/N-ethyl adjacent to an activating group) is 1. The van der Waals surface area contributed by atoms with E-state index in [9.17, 15) is 4.39 Å². The summed E-state index contributed by atoms with van der Waals surface area (Å²) in [6.07, 6.45) is 2.61. The zero-order valence-electron chi connectivity index (χ0n) is 12.5. The van der Waals surface area contributed by atoms with Gasteiger partial charge < -0.3 is 15.0 Å². The molecule has 0 heterocycles. The van der Waals surface area contributed by atoms with Gasteiger partial charge in [-0.15, -0.1) is 0 Å². The molecule has 0 spiro atoms. The summed E-state index contributed by atoms with van der Waals surface area (Å²) in [5.74, 6) is 0.618. The lowest BCUT2D eigenvalue weighted by molar-refractivity contribution is 0.131. The average Bonchev–Trinajstić information content (AvgIpc) is 3.25. The van der Waals surface area contributed by atoms with Crippen molar-refractivity contribution in [2.75, 3.05) is 38.3 Å². The van der Waals surface area contributed by atoms with Gasteiger partial charge >= 0.3 is 0 Å². The summed E-state index contributed by atoms with van der Waals surface area (Å²) in [6, 6.07) is 5.44. The molecule has 2 rings (SSSR count). The van der Waals surface area contributed by atoms with Gasteiger partial charge in [-0.1, -0.05) is 13.0 Å². The Morgan fingerprint density at radius 1 is 1.40 bits per heavy atom. The first-order chi connectivity index (χ1) is 9.70. The summed E-state index contributed by atoms with van der Waals surface area (Å²) in [4.78, 5) is 1.92. The number of hydrogen-bond acceptors (Lipinski definition) is 3. The molecule has 0 unspecified atom stereocenters. The Labute approximate surface area is 121 Å². The molecule has 1 aromatic rings. The van der Waals surface area contributed by atoms with Crippen molar-refractivity contribution in [1.29, 1.82) is 0 Å². The Kier molecular flexibility index (Phi) is 5.80. The van der Waals surface area contributed by atoms with E-state index in [-0.39, 0.29) is 5.82 Å². The maximum Gasteiger partial charge on any atom is 0.146 e. The molecular weight excluding hydrogens is 255 g/mol. The summed E-state index contributed by atoms with van der Waals surface area (Å²) < 4.78 is 19.7. The van der Waals surface area contributed by atoms with Gasteiger partial charge in [0, 0.05) is 26.7 Å². The predicted molar refractivity (Wildman–Crippen MR) is 80.6 cm³/mol. The molecule has 20 heavy (non-hydrogen) atoms. The number of nitrogens with zero attached hydrogens (tertiary/aromatic N) is 1. The molecular formula is C16H25FN2O. The number of benzene rings is 1. The third-order valence-corrected chi connectivity index (χ3v) is 3.62. The molecule has 0 amide bonds. The molecule has 1 aromatic carbocycles. The van der Waals surface area contributed by atoms with Gasteiger partial charge in [-0.3, -0.25) is 0 Å². The highest BCUT2D eigenvalue weighted by atomic mass is 19.1. The molecule has 0 bridgehead atoms. The average molecular weight is 280 g/mol. The lowest BCUT2D eigenvalue weighted by atomic mass is 10.2. The molecule has 1 saturated carbocycles. The van der Waals surface area contributed by atoms with Crippen molar-refractivity contribution in [3.8, 4) is 0 Å². The number of ether oxygens (including phenoxy) is 1. The predicted octanol–water partition coefficient (Wildman–Crippen LogP) is 2.80. The summed E-state index contributed by atoms with van der Waals surface area (Å²) in [7, 11) is 1.91. The normalized spacial score (nSPS) is 14.6. The second-order valence-corrected chi connectivity index (χ2v) is 5.51. The molecule has 0 aliphatic heterocycles. The van der Waals surface area contributed by atoms with Crippen LogP contribution in [0.2, 0.25) is 0 Å². The van der Waals surface area contributed by atoms with Crippen LogP contribution < -0.4 is 10.2 Å². The molecule has 1 aliphatic rings. The van der Waals surface area contributed by atoms with E-state index >= 15 is 0 Å². The largest absolute Gasteiger partial charge is 0.379 e. The van der Waals surface area contributed by atoms with Crippen LogP contribution in [0.3, 0.4) is 0 Å².